The molecule has 0 aromatic carbocycles. The van der Waals surface area contributed by atoms with Gasteiger partial charge in [-0.15, -0.1) is 0 Å². The molecule has 0 radical (unpaired) electrons. The molecule has 0 aromatic rings. The molecular formula is C14H27NO4S. The molecule has 1 fully saturated rings. The number of rotatable bonds is 4. The highest BCUT2D eigenvalue weighted by Crippen LogP contribution is 2.38. The Hall–Kier alpha value is -0.620. The average molecular weight is 305 g/mol. The fraction of sp³-hybridized carbons (Fsp3) is 0.929. The van der Waals surface area contributed by atoms with Crippen LogP contribution < -0.4 is 5.32 Å². The molecule has 0 saturated heterocycles. The van der Waals surface area contributed by atoms with E-state index in [4.69, 9.17) is 4.55 Å². The summed E-state index contributed by atoms with van der Waals surface area (Å²) in [6.45, 7) is 6.36. The van der Waals surface area contributed by atoms with E-state index in [1.54, 1.807) is 0 Å². The molecule has 1 amide bonds. The van der Waals surface area contributed by atoms with E-state index >= 15 is 0 Å². The van der Waals surface area contributed by atoms with Crippen molar-refractivity contribution in [3.63, 3.8) is 0 Å². The topological polar surface area (TPSA) is 83.5 Å². The highest BCUT2D eigenvalue weighted by molar-refractivity contribution is 7.85. The first-order valence-electron chi connectivity index (χ1n) is 7.36. The molecule has 0 spiro atoms. The fourth-order valence-corrected chi connectivity index (χ4v) is 3.67. The average Bonchev–Trinajstić information content (AvgIpc) is 2.24. The summed E-state index contributed by atoms with van der Waals surface area (Å²) in [5, 5.41) is 2.65. The summed E-state index contributed by atoms with van der Waals surface area (Å²) in [6.07, 6.45) is 4.96. The highest BCUT2D eigenvalue weighted by Gasteiger charge is 2.35. The molecular weight excluding hydrogens is 278 g/mol. The molecule has 0 aliphatic heterocycles. The Labute approximate surface area is 122 Å². The van der Waals surface area contributed by atoms with Gasteiger partial charge in [0.2, 0.25) is 5.91 Å². The van der Waals surface area contributed by atoms with Gasteiger partial charge >= 0.3 is 0 Å². The summed E-state index contributed by atoms with van der Waals surface area (Å²) in [5.74, 6) is 0.670. The minimum atomic E-state index is -4.02. The van der Waals surface area contributed by atoms with Gasteiger partial charge in [-0.25, -0.2) is 0 Å². The minimum Gasteiger partial charge on any atom is -0.355 e. The summed E-state index contributed by atoms with van der Waals surface area (Å²) >= 11 is 0. The molecule has 1 aliphatic carbocycles. The van der Waals surface area contributed by atoms with Gasteiger partial charge in [-0.3, -0.25) is 9.35 Å². The lowest BCUT2D eigenvalue weighted by Crippen LogP contribution is -2.42. The largest absolute Gasteiger partial charge is 0.355 e. The van der Waals surface area contributed by atoms with Crippen molar-refractivity contribution in [1.82, 2.24) is 5.32 Å². The number of amides is 1. The van der Waals surface area contributed by atoms with Crippen molar-refractivity contribution in [2.24, 2.45) is 17.3 Å². The van der Waals surface area contributed by atoms with Gasteiger partial charge in [-0.1, -0.05) is 33.6 Å². The van der Waals surface area contributed by atoms with Crippen molar-refractivity contribution >= 4 is 16.0 Å². The Morgan fingerprint density at radius 3 is 2.60 bits per heavy atom. The van der Waals surface area contributed by atoms with Crippen LogP contribution in [-0.2, 0) is 14.9 Å². The molecule has 0 bridgehead atoms. The van der Waals surface area contributed by atoms with Crippen LogP contribution in [0.25, 0.3) is 0 Å². The summed E-state index contributed by atoms with van der Waals surface area (Å²) in [4.78, 5) is 12.3. The van der Waals surface area contributed by atoms with Crippen LogP contribution >= 0.6 is 0 Å². The molecule has 0 aromatic heterocycles. The number of hydrogen-bond acceptors (Lipinski definition) is 3. The third kappa shape index (κ3) is 5.79. The lowest BCUT2D eigenvalue weighted by Gasteiger charge is -2.34. The first-order chi connectivity index (χ1) is 9.12. The molecule has 1 rings (SSSR count). The molecule has 5 nitrogen and oxygen atoms in total. The fourth-order valence-electron chi connectivity index (χ4n) is 3.31. The maximum absolute atomic E-state index is 12.3. The van der Waals surface area contributed by atoms with Gasteiger partial charge in [0.1, 0.15) is 0 Å². The quantitative estimate of drug-likeness (QED) is 0.780. The predicted molar refractivity (Wildman–Crippen MR) is 78.9 cm³/mol. The van der Waals surface area contributed by atoms with Gasteiger partial charge in [-0.2, -0.15) is 8.42 Å². The van der Waals surface area contributed by atoms with Crippen LogP contribution in [0.4, 0.5) is 0 Å². The predicted octanol–water partition coefficient (Wildman–Crippen LogP) is 2.23. The summed E-state index contributed by atoms with van der Waals surface area (Å²) in [5.41, 5.74) is -0.432. The maximum atomic E-state index is 12.3. The molecule has 0 heterocycles. The van der Waals surface area contributed by atoms with E-state index < -0.39 is 21.3 Å². The van der Waals surface area contributed by atoms with Crippen molar-refractivity contribution < 1.29 is 17.8 Å². The van der Waals surface area contributed by atoms with E-state index in [1.807, 2.05) is 6.92 Å². The van der Waals surface area contributed by atoms with Crippen LogP contribution in [0.15, 0.2) is 0 Å². The Kier molecular flexibility index (Phi) is 6.01. The van der Waals surface area contributed by atoms with Crippen LogP contribution in [0.2, 0.25) is 0 Å². The lowest BCUT2D eigenvalue weighted by atomic mass is 9.71. The molecule has 3 atom stereocenters. The second-order valence-electron chi connectivity index (χ2n) is 6.64. The number of nitrogens with one attached hydrogen (secondary N) is 1. The second kappa shape index (κ2) is 6.89. The Bertz CT molecular complexity index is 434. The van der Waals surface area contributed by atoms with Crippen molar-refractivity contribution in [2.45, 2.75) is 52.9 Å². The number of carbonyl (C=O) groups excluding carboxylic acids is 1. The summed E-state index contributed by atoms with van der Waals surface area (Å²) in [6, 6.07) is 0. The van der Waals surface area contributed by atoms with E-state index in [0.29, 0.717) is 11.8 Å². The van der Waals surface area contributed by atoms with E-state index in [2.05, 4.69) is 19.2 Å². The Balaban J connectivity index is 2.59. The standard InChI is InChI=1S/C14H27NO4S/c1-11-5-4-6-14(3,10-12(2)9-11)13(16)15-7-8-20(17,18)19/h11-12H,4-10H2,1-3H3,(H,15,16)(H,17,18,19)/t11?,12-,14?/m0/s1. The lowest BCUT2D eigenvalue weighted by molar-refractivity contribution is -0.131. The number of hydrogen-bond donors (Lipinski definition) is 2. The molecule has 2 unspecified atom stereocenters. The zero-order valence-electron chi connectivity index (χ0n) is 12.7. The van der Waals surface area contributed by atoms with E-state index in [9.17, 15) is 13.2 Å². The first kappa shape index (κ1) is 17.4. The zero-order valence-corrected chi connectivity index (χ0v) is 13.5. The molecule has 118 valence electrons. The van der Waals surface area contributed by atoms with Gasteiger partial charge in [-0.05, 0) is 31.1 Å². The molecule has 2 N–H and O–H groups in total. The van der Waals surface area contributed by atoms with E-state index in [0.717, 1.165) is 32.1 Å². The van der Waals surface area contributed by atoms with Gasteiger partial charge in [0, 0.05) is 12.0 Å². The first-order valence-corrected chi connectivity index (χ1v) is 8.97. The minimum absolute atomic E-state index is 0.0297. The van der Waals surface area contributed by atoms with Gasteiger partial charge in [0.05, 0.1) is 5.75 Å². The Morgan fingerprint density at radius 1 is 1.35 bits per heavy atom. The molecule has 20 heavy (non-hydrogen) atoms. The third-order valence-electron chi connectivity index (χ3n) is 4.22. The molecule has 1 saturated carbocycles. The normalized spacial score (nSPS) is 32.2. The molecule has 6 heteroatoms. The number of carbonyl (C=O) groups is 1. The monoisotopic (exact) mass is 305 g/mol. The van der Waals surface area contributed by atoms with E-state index in [1.165, 1.54) is 0 Å². The van der Waals surface area contributed by atoms with Crippen LogP contribution in [0, 0.1) is 17.3 Å². The van der Waals surface area contributed by atoms with Gasteiger partial charge in [0.25, 0.3) is 10.1 Å². The van der Waals surface area contributed by atoms with Crippen molar-refractivity contribution in [1.29, 1.82) is 0 Å². The molecule has 1 aliphatic rings. The van der Waals surface area contributed by atoms with Gasteiger partial charge in [0.15, 0.2) is 0 Å². The van der Waals surface area contributed by atoms with Crippen LogP contribution in [0.1, 0.15) is 52.9 Å². The maximum Gasteiger partial charge on any atom is 0.266 e. The van der Waals surface area contributed by atoms with Gasteiger partial charge < -0.3 is 5.32 Å². The SMILES string of the molecule is CC1CCCC(C)(C(=O)NCCS(=O)(=O)O)C[C@@H](C)C1. The summed E-state index contributed by atoms with van der Waals surface area (Å²) in [7, 11) is -4.02. The smallest absolute Gasteiger partial charge is 0.266 e. The summed E-state index contributed by atoms with van der Waals surface area (Å²) < 4.78 is 30.0. The highest BCUT2D eigenvalue weighted by atomic mass is 32.2. The van der Waals surface area contributed by atoms with Crippen LogP contribution in [0.3, 0.4) is 0 Å². The van der Waals surface area contributed by atoms with Crippen LogP contribution in [0.5, 0.6) is 0 Å². The second-order valence-corrected chi connectivity index (χ2v) is 8.22. The van der Waals surface area contributed by atoms with Crippen molar-refractivity contribution in [2.75, 3.05) is 12.3 Å². The van der Waals surface area contributed by atoms with Crippen molar-refractivity contribution in [3.8, 4) is 0 Å². The third-order valence-corrected chi connectivity index (χ3v) is 4.94. The van der Waals surface area contributed by atoms with E-state index in [-0.39, 0.29) is 12.5 Å². The Morgan fingerprint density at radius 2 is 2.00 bits per heavy atom. The van der Waals surface area contributed by atoms with Crippen molar-refractivity contribution in [3.05, 3.63) is 0 Å². The van der Waals surface area contributed by atoms with Crippen LogP contribution in [-0.4, -0.2) is 31.2 Å². The zero-order chi connectivity index (χ0) is 15.4.